The first kappa shape index (κ1) is 16.7. The maximum absolute atomic E-state index is 12.5. The van der Waals surface area contributed by atoms with Crippen LogP contribution in [0.2, 0.25) is 5.02 Å². The van der Waals surface area contributed by atoms with Crippen molar-refractivity contribution in [3.8, 4) is 0 Å². The highest BCUT2D eigenvalue weighted by Gasteiger charge is 2.45. The minimum absolute atomic E-state index is 0.0198. The molecule has 0 unspecified atom stereocenters. The second kappa shape index (κ2) is 6.88. The van der Waals surface area contributed by atoms with E-state index in [4.69, 9.17) is 11.6 Å². The van der Waals surface area contributed by atoms with E-state index in [9.17, 15) is 4.79 Å². The van der Waals surface area contributed by atoms with E-state index in [1.165, 1.54) is 0 Å². The Morgan fingerprint density at radius 2 is 1.92 bits per heavy atom. The maximum atomic E-state index is 12.5. The van der Waals surface area contributed by atoms with Crippen molar-refractivity contribution in [2.24, 2.45) is 0 Å². The van der Waals surface area contributed by atoms with Crippen LogP contribution in [0.25, 0.3) is 0 Å². The number of carbonyl (C=O) groups is 1. The van der Waals surface area contributed by atoms with Crippen molar-refractivity contribution in [2.75, 3.05) is 6.54 Å². The van der Waals surface area contributed by atoms with Crippen LogP contribution >= 0.6 is 11.6 Å². The van der Waals surface area contributed by atoms with E-state index in [0.29, 0.717) is 18.7 Å². The Balaban J connectivity index is 1.38. The Hall–Kier alpha value is -2.73. The molecule has 0 spiro atoms. The number of benzene rings is 2. The van der Waals surface area contributed by atoms with Gasteiger partial charge in [0.2, 0.25) is 0 Å². The van der Waals surface area contributed by atoms with Crippen LogP contribution in [0.4, 0.5) is 0 Å². The van der Waals surface area contributed by atoms with E-state index >= 15 is 0 Å². The summed E-state index contributed by atoms with van der Waals surface area (Å²) in [5, 5.41) is 14.9. The number of tetrazole rings is 1. The number of nitrogens with zero attached hydrogens (tertiary/aromatic N) is 4. The predicted molar refractivity (Wildman–Crippen MR) is 98.1 cm³/mol. The summed E-state index contributed by atoms with van der Waals surface area (Å²) in [5.74, 6) is -0.0719. The summed E-state index contributed by atoms with van der Waals surface area (Å²) in [6.45, 7) is 1.17. The molecule has 0 aliphatic heterocycles. The lowest BCUT2D eigenvalue weighted by Crippen LogP contribution is -2.32. The lowest BCUT2D eigenvalue weighted by molar-refractivity contribution is 0.0949. The molecule has 1 fully saturated rings. The zero-order chi connectivity index (χ0) is 18.0. The van der Waals surface area contributed by atoms with Crippen LogP contribution in [0.5, 0.6) is 0 Å². The number of rotatable bonds is 6. The quantitative estimate of drug-likeness (QED) is 0.727. The third-order valence-electron chi connectivity index (χ3n) is 4.84. The molecule has 1 amide bonds. The number of hydrogen-bond donors (Lipinski definition) is 1. The largest absolute Gasteiger partial charge is 0.351 e. The van der Waals surface area contributed by atoms with E-state index in [2.05, 4.69) is 26.9 Å². The molecule has 1 saturated carbocycles. The fourth-order valence-corrected chi connectivity index (χ4v) is 3.47. The Bertz CT molecular complexity index is 904. The van der Waals surface area contributed by atoms with Crippen LogP contribution in [0.15, 0.2) is 54.9 Å². The van der Waals surface area contributed by atoms with Gasteiger partial charge in [0, 0.05) is 22.5 Å². The van der Waals surface area contributed by atoms with Crippen LogP contribution in [0, 0.1) is 0 Å². The highest BCUT2D eigenvalue weighted by atomic mass is 35.5. The second-order valence-electron chi connectivity index (χ2n) is 6.65. The summed E-state index contributed by atoms with van der Waals surface area (Å²) in [6, 6.07) is 15.4. The van der Waals surface area contributed by atoms with Crippen molar-refractivity contribution in [1.82, 2.24) is 25.5 Å². The SMILES string of the molecule is O=C(NCC1(c2ccccc2Cl)CC1)c1ccc(Cn2cnnn2)cc1. The third-order valence-corrected chi connectivity index (χ3v) is 5.17. The number of amides is 1. The molecule has 3 aromatic rings. The monoisotopic (exact) mass is 367 g/mol. The van der Waals surface area contributed by atoms with E-state index in [0.717, 1.165) is 29.0 Å². The van der Waals surface area contributed by atoms with Gasteiger partial charge in [0.05, 0.1) is 6.54 Å². The maximum Gasteiger partial charge on any atom is 0.251 e. The molecule has 0 radical (unpaired) electrons. The molecule has 0 saturated heterocycles. The molecule has 0 bridgehead atoms. The van der Waals surface area contributed by atoms with E-state index in [1.54, 1.807) is 11.0 Å². The lowest BCUT2D eigenvalue weighted by atomic mass is 9.95. The molecule has 1 aromatic heterocycles. The number of carbonyl (C=O) groups excluding carboxylic acids is 1. The first-order chi connectivity index (χ1) is 12.7. The topological polar surface area (TPSA) is 72.7 Å². The van der Waals surface area contributed by atoms with Gasteiger partial charge in [-0.25, -0.2) is 4.68 Å². The van der Waals surface area contributed by atoms with Crippen LogP contribution in [0.3, 0.4) is 0 Å². The molecule has 7 heteroatoms. The highest BCUT2D eigenvalue weighted by Crippen LogP contribution is 2.49. The average Bonchev–Trinajstić information content (AvgIpc) is 3.28. The molecule has 1 N–H and O–H groups in total. The zero-order valence-electron chi connectivity index (χ0n) is 14.1. The van der Waals surface area contributed by atoms with Crippen molar-refractivity contribution >= 4 is 17.5 Å². The van der Waals surface area contributed by atoms with E-state index in [1.807, 2.05) is 42.5 Å². The zero-order valence-corrected chi connectivity index (χ0v) is 14.9. The van der Waals surface area contributed by atoms with Gasteiger partial charge in [-0.15, -0.1) is 5.10 Å². The molecule has 2 aromatic carbocycles. The van der Waals surface area contributed by atoms with Gasteiger partial charge in [-0.1, -0.05) is 41.9 Å². The summed E-state index contributed by atoms with van der Waals surface area (Å²) >= 11 is 6.33. The molecular weight excluding hydrogens is 350 g/mol. The average molecular weight is 368 g/mol. The van der Waals surface area contributed by atoms with Crippen LogP contribution < -0.4 is 5.32 Å². The van der Waals surface area contributed by atoms with Gasteiger partial charge >= 0.3 is 0 Å². The minimum atomic E-state index is -0.0719. The van der Waals surface area contributed by atoms with E-state index in [-0.39, 0.29) is 11.3 Å². The summed E-state index contributed by atoms with van der Waals surface area (Å²) in [6.07, 6.45) is 3.65. The first-order valence-electron chi connectivity index (χ1n) is 8.49. The molecule has 0 atom stereocenters. The standard InChI is InChI=1S/C19H18ClN5O/c20-17-4-2-1-3-16(17)19(9-10-19)12-21-18(26)15-7-5-14(6-8-15)11-25-13-22-23-24-25/h1-8,13H,9-12H2,(H,21,26). The van der Waals surface area contributed by atoms with Gasteiger partial charge in [-0.3, -0.25) is 4.79 Å². The third kappa shape index (κ3) is 3.46. The molecule has 1 heterocycles. The molecule has 4 rings (SSSR count). The Kier molecular flexibility index (Phi) is 4.42. The molecule has 132 valence electrons. The van der Waals surface area contributed by atoms with Gasteiger partial charge in [0.1, 0.15) is 6.33 Å². The van der Waals surface area contributed by atoms with Gasteiger partial charge in [-0.2, -0.15) is 0 Å². The summed E-state index contributed by atoms with van der Waals surface area (Å²) in [5.41, 5.74) is 2.77. The molecular formula is C19H18ClN5O. The molecule has 1 aliphatic carbocycles. The lowest BCUT2D eigenvalue weighted by Gasteiger charge is -2.18. The fraction of sp³-hybridized carbons (Fsp3) is 0.263. The van der Waals surface area contributed by atoms with Crippen molar-refractivity contribution < 1.29 is 4.79 Å². The molecule has 26 heavy (non-hydrogen) atoms. The Morgan fingerprint density at radius 3 is 2.58 bits per heavy atom. The normalized spacial score (nSPS) is 14.8. The Labute approximate surface area is 156 Å². The van der Waals surface area contributed by atoms with Gasteiger partial charge < -0.3 is 5.32 Å². The van der Waals surface area contributed by atoms with E-state index < -0.39 is 0 Å². The fourth-order valence-electron chi connectivity index (χ4n) is 3.14. The van der Waals surface area contributed by atoms with Crippen molar-refractivity contribution in [2.45, 2.75) is 24.8 Å². The van der Waals surface area contributed by atoms with Gasteiger partial charge in [0.15, 0.2) is 0 Å². The number of nitrogens with one attached hydrogen (secondary N) is 1. The van der Waals surface area contributed by atoms with Gasteiger partial charge in [-0.05, 0) is 52.6 Å². The van der Waals surface area contributed by atoms with Crippen LogP contribution in [-0.2, 0) is 12.0 Å². The van der Waals surface area contributed by atoms with Crippen molar-refractivity contribution in [3.05, 3.63) is 76.6 Å². The summed E-state index contributed by atoms with van der Waals surface area (Å²) < 4.78 is 1.63. The number of hydrogen-bond acceptors (Lipinski definition) is 4. The smallest absolute Gasteiger partial charge is 0.251 e. The second-order valence-corrected chi connectivity index (χ2v) is 7.05. The molecule has 1 aliphatic rings. The summed E-state index contributed by atoms with van der Waals surface area (Å²) in [4.78, 5) is 12.5. The van der Waals surface area contributed by atoms with Crippen LogP contribution in [0.1, 0.15) is 34.3 Å². The predicted octanol–water partition coefficient (Wildman–Crippen LogP) is 2.84. The number of halogens is 1. The first-order valence-corrected chi connectivity index (χ1v) is 8.87. The van der Waals surface area contributed by atoms with Gasteiger partial charge in [0.25, 0.3) is 5.91 Å². The van der Waals surface area contributed by atoms with Crippen molar-refractivity contribution in [1.29, 1.82) is 0 Å². The minimum Gasteiger partial charge on any atom is -0.351 e. The molecule has 6 nitrogen and oxygen atoms in total. The van der Waals surface area contributed by atoms with Crippen molar-refractivity contribution in [3.63, 3.8) is 0 Å². The highest BCUT2D eigenvalue weighted by molar-refractivity contribution is 6.31. The summed E-state index contributed by atoms with van der Waals surface area (Å²) in [7, 11) is 0. The number of aromatic nitrogens is 4. The van der Waals surface area contributed by atoms with Crippen LogP contribution in [-0.4, -0.2) is 32.7 Å². The Morgan fingerprint density at radius 1 is 1.15 bits per heavy atom.